The summed E-state index contributed by atoms with van der Waals surface area (Å²) >= 11 is 3.45. The van der Waals surface area contributed by atoms with Crippen molar-refractivity contribution in [1.29, 1.82) is 5.26 Å². The highest BCUT2D eigenvalue weighted by molar-refractivity contribution is 9.10. The predicted octanol–water partition coefficient (Wildman–Crippen LogP) is 4.08. The number of benzene rings is 2. The van der Waals surface area contributed by atoms with Gasteiger partial charge in [-0.15, -0.1) is 5.10 Å². The fraction of sp³-hybridized carbons (Fsp3) is 0.182. The Morgan fingerprint density at radius 2 is 1.74 bits per heavy atom. The number of nitrogens with one attached hydrogen (secondary N) is 1. The van der Waals surface area contributed by atoms with Gasteiger partial charge >= 0.3 is 0 Å². The van der Waals surface area contributed by atoms with Crippen molar-refractivity contribution in [3.63, 3.8) is 0 Å². The third-order valence-corrected chi connectivity index (χ3v) is 5.62. The maximum Gasteiger partial charge on any atom is 0.244 e. The molecule has 0 radical (unpaired) electrons. The number of nitrogens with zero attached hydrogens (tertiary/aromatic N) is 2. The summed E-state index contributed by atoms with van der Waals surface area (Å²) < 4.78 is 23.1. The first-order chi connectivity index (χ1) is 15.0. The van der Waals surface area contributed by atoms with Crippen molar-refractivity contribution in [3.8, 4) is 40.5 Å². The number of rotatable bonds is 5. The lowest BCUT2D eigenvalue weighted by atomic mass is 9.82. The molecule has 9 heteroatoms. The second-order valence-electron chi connectivity index (χ2n) is 6.71. The summed E-state index contributed by atoms with van der Waals surface area (Å²) in [6, 6.07) is 13.5. The molecule has 1 aliphatic heterocycles. The van der Waals surface area contributed by atoms with Gasteiger partial charge in [-0.05, 0) is 29.8 Å². The minimum atomic E-state index is -0.556. The first-order valence-corrected chi connectivity index (χ1v) is 10.0. The van der Waals surface area contributed by atoms with Crippen molar-refractivity contribution < 1.29 is 18.9 Å². The number of nitriles is 1. The molecule has 3 aromatic rings. The van der Waals surface area contributed by atoms with Crippen molar-refractivity contribution in [1.82, 2.24) is 10.2 Å². The van der Waals surface area contributed by atoms with E-state index in [0.29, 0.717) is 28.7 Å². The van der Waals surface area contributed by atoms with Crippen molar-refractivity contribution in [2.45, 2.75) is 5.92 Å². The highest BCUT2D eigenvalue weighted by Gasteiger charge is 2.36. The quantitative estimate of drug-likeness (QED) is 0.562. The lowest BCUT2D eigenvalue weighted by Crippen LogP contribution is -2.21. The zero-order valence-corrected chi connectivity index (χ0v) is 18.6. The number of fused-ring (bicyclic) bond motifs is 1. The third-order valence-electron chi connectivity index (χ3n) is 5.09. The van der Waals surface area contributed by atoms with E-state index < -0.39 is 5.92 Å². The summed E-state index contributed by atoms with van der Waals surface area (Å²) in [5.74, 6) is 1.15. The van der Waals surface area contributed by atoms with Gasteiger partial charge in [0, 0.05) is 10.0 Å². The average molecular weight is 483 g/mol. The Morgan fingerprint density at radius 3 is 2.29 bits per heavy atom. The normalized spacial score (nSPS) is 15.0. The number of aromatic nitrogens is 2. The lowest BCUT2D eigenvalue weighted by Gasteiger charge is -2.25. The van der Waals surface area contributed by atoms with Gasteiger partial charge in [-0.1, -0.05) is 28.1 Å². The molecule has 31 heavy (non-hydrogen) atoms. The molecule has 2 aromatic carbocycles. The molecule has 3 N–H and O–H groups in total. The largest absolute Gasteiger partial charge is 0.493 e. The zero-order chi connectivity index (χ0) is 22.1. The van der Waals surface area contributed by atoms with E-state index in [-0.39, 0.29) is 11.5 Å². The molecule has 4 rings (SSSR count). The Balaban J connectivity index is 1.97. The van der Waals surface area contributed by atoms with Gasteiger partial charge in [0.2, 0.25) is 17.5 Å². The Morgan fingerprint density at radius 1 is 1.10 bits per heavy atom. The van der Waals surface area contributed by atoms with Gasteiger partial charge in [0.05, 0.1) is 38.5 Å². The Labute approximate surface area is 187 Å². The SMILES string of the molecule is COc1cc([C@H]2C(C#N)=C(N)Oc3n[nH]c(-c4ccc(Br)cc4)c32)cc(OC)c1OC. The molecule has 1 aliphatic rings. The number of halogens is 1. The molecule has 0 unspecified atom stereocenters. The van der Waals surface area contributed by atoms with Gasteiger partial charge in [-0.3, -0.25) is 5.10 Å². The van der Waals surface area contributed by atoms with E-state index in [1.807, 2.05) is 24.3 Å². The monoisotopic (exact) mass is 482 g/mol. The summed E-state index contributed by atoms with van der Waals surface area (Å²) in [7, 11) is 4.61. The van der Waals surface area contributed by atoms with Crippen LogP contribution in [0.1, 0.15) is 17.0 Å². The second kappa shape index (κ2) is 8.24. The molecule has 1 atom stereocenters. The topological polar surface area (TPSA) is 115 Å². The highest BCUT2D eigenvalue weighted by Crippen LogP contribution is 2.49. The third kappa shape index (κ3) is 3.45. The summed E-state index contributed by atoms with van der Waals surface area (Å²) in [5, 5.41) is 17.2. The summed E-state index contributed by atoms with van der Waals surface area (Å²) in [5.41, 5.74) is 9.38. The van der Waals surface area contributed by atoms with E-state index in [1.54, 1.807) is 12.1 Å². The van der Waals surface area contributed by atoms with Gasteiger partial charge < -0.3 is 24.7 Å². The lowest BCUT2D eigenvalue weighted by molar-refractivity contribution is 0.323. The van der Waals surface area contributed by atoms with Gasteiger partial charge in [-0.25, -0.2) is 0 Å². The number of ether oxygens (including phenoxy) is 4. The summed E-state index contributed by atoms with van der Waals surface area (Å²) in [6.45, 7) is 0. The van der Waals surface area contributed by atoms with Crippen LogP contribution in [0.15, 0.2) is 52.3 Å². The van der Waals surface area contributed by atoms with Crippen LogP contribution < -0.4 is 24.7 Å². The number of H-pyrrole nitrogens is 1. The standard InChI is InChI=1S/C22H19BrN4O4/c1-28-15-8-12(9-16(29-2)20(15)30-3)17-14(10-24)21(25)31-22-18(17)19(26-27-22)11-4-6-13(23)7-5-11/h4-9,17H,25H2,1-3H3,(H,26,27)/t17-/m0/s1. The molecular weight excluding hydrogens is 464 g/mol. The first kappa shape index (κ1) is 20.6. The molecule has 158 valence electrons. The fourth-order valence-electron chi connectivity index (χ4n) is 3.68. The van der Waals surface area contributed by atoms with Gasteiger partial charge in [0.1, 0.15) is 11.6 Å². The van der Waals surface area contributed by atoms with Crippen molar-refractivity contribution in [2.75, 3.05) is 21.3 Å². The van der Waals surface area contributed by atoms with E-state index in [4.69, 9.17) is 24.7 Å². The van der Waals surface area contributed by atoms with Gasteiger partial charge in [0.25, 0.3) is 0 Å². The van der Waals surface area contributed by atoms with Crippen LogP contribution in [0.25, 0.3) is 11.3 Å². The zero-order valence-electron chi connectivity index (χ0n) is 17.0. The van der Waals surface area contributed by atoms with Crippen LogP contribution >= 0.6 is 15.9 Å². The van der Waals surface area contributed by atoms with Crippen LogP contribution in [0.5, 0.6) is 23.1 Å². The average Bonchev–Trinajstić information content (AvgIpc) is 3.20. The fourth-order valence-corrected chi connectivity index (χ4v) is 3.95. The van der Waals surface area contributed by atoms with Gasteiger partial charge in [0.15, 0.2) is 11.5 Å². The molecule has 0 saturated carbocycles. The van der Waals surface area contributed by atoms with E-state index >= 15 is 0 Å². The second-order valence-corrected chi connectivity index (χ2v) is 7.62. The number of hydrogen-bond donors (Lipinski definition) is 2. The van der Waals surface area contributed by atoms with Crippen LogP contribution in [0, 0.1) is 11.3 Å². The van der Waals surface area contributed by atoms with Crippen LogP contribution in [-0.2, 0) is 0 Å². The molecule has 0 spiro atoms. The van der Waals surface area contributed by atoms with E-state index in [2.05, 4.69) is 32.2 Å². The molecule has 0 fully saturated rings. The molecule has 1 aromatic heterocycles. The number of methoxy groups -OCH3 is 3. The molecule has 0 amide bonds. The van der Waals surface area contributed by atoms with Crippen molar-refractivity contribution >= 4 is 15.9 Å². The van der Waals surface area contributed by atoms with Crippen LogP contribution in [0.4, 0.5) is 0 Å². The Hall–Kier alpha value is -3.64. The molecule has 8 nitrogen and oxygen atoms in total. The first-order valence-electron chi connectivity index (χ1n) is 9.24. The minimum absolute atomic E-state index is 0.00241. The minimum Gasteiger partial charge on any atom is -0.493 e. The molecule has 0 aliphatic carbocycles. The summed E-state index contributed by atoms with van der Waals surface area (Å²) in [4.78, 5) is 0. The van der Waals surface area contributed by atoms with Crippen LogP contribution in [-0.4, -0.2) is 31.5 Å². The number of allylic oxidation sites excluding steroid dienone is 1. The predicted molar refractivity (Wildman–Crippen MR) is 117 cm³/mol. The molecular formula is C22H19BrN4O4. The summed E-state index contributed by atoms with van der Waals surface area (Å²) in [6.07, 6.45) is 0. The van der Waals surface area contributed by atoms with Crippen molar-refractivity contribution in [3.05, 3.63) is 63.5 Å². The number of aromatic amines is 1. The number of nitrogens with two attached hydrogens (primary N) is 1. The van der Waals surface area contributed by atoms with Crippen LogP contribution in [0.3, 0.4) is 0 Å². The Kier molecular flexibility index (Phi) is 5.48. The maximum atomic E-state index is 9.92. The maximum absolute atomic E-state index is 9.92. The van der Waals surface area contributed by atoms with E-state index in [1.165, 1.54) is 21.3 Å². The smallest absolute Gasteiger partial charge is 0.244 e. The highest BCUT2D eigenvalue weighted by atomic mass is 79.9. The van der Waals surface area contributed by atoms with Gasteiger partial charge in [-0.2, -0.15) is 5.26 Å². The number of hydrogen-bond acceptors (Lipinski definition) is 7. The Bertz CT molecular complexity index is 1190. The van der Waals surface area contributed by atoms with Crippen molar-refractivity contribution in [2.24, 2.45) is 5.73 Å². The molecule has 0 bridgehead atoms. The van der Waals surface area contributed by atoms with Crippen LogP contribution in [0.2, 0.25) is 0 Å². The van der Waals surface area contributed by atoms with E-state index in [9.17, 15) is 5.26 Å². The molecule has 0 saturated heterocycles. The van der Waals surface area contributed by atoms with E-state index in [0.717, 1.165) is 21.3 Å². The molecule has 2 heterocycles.